The van der Waals surface area contributed by atoms with Crippen molar-refractivity contribution in [1.82, 2.24) is 5.32 Å². The normalized spacial score (nSPS) is 12.4. The molecule has 0 fully saturated rings. The summed E-state index contributed by atoms with van der Waals surface area (Å²) in [7, 11) is 0. The van der Waals surface area contributed by atoms with Crippen LogP contribution in [0.1, 0.15) is 29.7 Å². The first-order valence-corrected chi connectivity index (χ1v) is 7.55. The number of rotatable bonds is 4. The van der Waals surface area contributed by atoms with Crippen LogP contribution in [-0.2, 0) is 0 Å². The standard InChI is InChI=1S/C16H16F2IN/c1-3-20-16(11-5-4-6-12(19)9-11)13-8-7-10(2)14(17)15(13)18/h4-9,16,20H,3H2,1-2H3. The minimum absolute atomic E-state index is 0.323. The van der Waals surface area contributed by atoms with Crippen molar-refractivity contribution >= 4 is 22.6 Å². The van der Waals surface area contributed by atoms with E-state index in [4.69, 9.17) is 0 Å². The molecule has 0 spiro atoms. The molecule has 0 aliphatic heterocycles. The van der Waals surface area contributed by atoms with E-state index in [0.717, 1.165) is 9.13 Å². The van der Waals surface area contributed by atoms with Gasteiger partial charge in [0.1, 0.15) is 0 Å². The van der Waals surface area contributed by atoms with Crippen molar-refractivity contribution in [3.8, 4) is 0 Å². The van der Waals surface area contributed by atoms with Crippen LogP contribution in [0.4, 0.5) is 8.78 Å². The van der Waals surface area contributed by atoms with E-state index in [-0.39, 0.29) is 6.04 Å². The Morgan fingerprint density at radius 1 is 1.15 bits per heavy atom. The van der Waals surface area contributed by atoms with E-state index in [2.05, 4.69) is 27.9 Å². The molecule has 0 saturated carbocycles. The van der Waals surface area contributed by atoms with Gasteiger partial charge in [0.05, 0.1) is 6.04 Å². The van der Waals surface area contributed by atoms with Gasteiger partial charge < -0.3 is 5.32 Å². The molecule has 2 rings (SSSR count). The highest BCUT2D eigenvalue weighted by atomic mass is 127. The van der Waals surface area contributed by atoms with E-state index >= 15 is 0 Å². The van der Waals surface area contributed by atoms with Gasteiger partial charge in [-0.25, -0.2) is 8.78 Å². The van der Waals surface area contributed by atoms with Crippen molar-refractivity contribution in [2.75, 3.05) is 6.54 Å². The van der Waals surface area contributed by atoms with Crippen LogP contribution in [-0.4, -0.2) is 6.54 Å². The molecule has 0 saturated heterocycles. The van der Waals surface area contributed by atoms with E-state index in [1.54, 1.807) is 19.1 Å². The Bertz CT molecular complexity index is 613. The first kappa shape index (κ1) is 15.4. The molecule has 0 radical (unpaired) electrons. The fourth-order valence-electron chi connectivity index (χ4n) is 2.18. The maximum absolute atomic E-state index is 14.2. The second kappa shape index (κ2) is 6.63. The second-order valence-corrected chi connectivity index (χ2v) is 5.89. The first-order valence-electron chi connectivity index (χ1n) is 6.48. The number of hydrogen-bond acceptors (Lipinski definition) is 1. The smallest absolute Gasteiger partial charge is 0.164 e. The third-order valence-electron chi connectivity index (χ3n) is 3.21. The van der Waals surface area contributed by atoms with Gasteiger partial charge in [-0.2, -0.15) is 0 Å². The highest BCUT2D eigenvalue weighted by Crippen LogP contribution is 2.27. The molecule has 0 aliphatic carbocycles. The van der Waals surface area contributed by atoms with Gasteiger partial charge in [0, 0.05) is 9.13 Å². The molecule has 1 nitrogen and oxygen atoms in total. The lowest BCUT2D eigenvalue weighted by Crippen LogP contribution is -2.23. The molecule has 2 aromatic carbocycles. The van der Waals surface area contributed by atoms with Crippen molar-refractivity contribution in [3.05, 3.63) is 68.3 Å². The lowest BCUT2D eigenvalue weighted by atomic mass is 9.97. The Morgan fingerprint density at radius 2 is 1.90 bits per heavy atom. The van der Waals surface area contributed by atoms with Gasteiger partial charge in [-0.15, -0.1) is 0 Å². The van der Waals surface area contributed by atoms with E-state index in [9.17, 15) is 8.78 Å². The lowest BCUT2D eigenvalue weighted by Gasteiger charge is -2.20. The molecule has 20 heavy (non-hydrogen) atoms. The topological polar surface area (TPSA) is 12.0 Å². The predicted molar refractivity (Wildman–Crippen MR) is 85.8 cm³/mol. The molecular weight excluding hydrogens is 371 g/mol. The van der Waals surface area contributed by atoms with Crippen LogP contribution < -0.4 is 5.32 Å². The first-order chi connectivity index (χ1) is 9.54. The van der Waals surface area contributed by atoms with Crippen molar-refractivity contribution in [1.29, 1.82) is 0 Å². The Morgan fingerprint density at radius 3 is 2.55 bits per heavy atom. The molecule has 0 heterocycles. The van der Waals surface area contributed by atoms with Crippen LogP contribution in [0.3, 0.4) is 0 Å². The zero-order valence-electron chi connectivity index (χ0n) is 11.4. The molecular formula is C16H16F2IN. The maximum atomic E-state index is 14.2. The summed E-state index contributed by atoms with van der Waals surface area (Å²) in [4.78, 5) is 0. The average molecular weight is 387 g/mol. The summed E-state index contributed by atoms with van der Waals surface area (Å²) in [5.74, 6) is -1.54. The molecule has 106 valence electrons. The minimum atomic E-state index is -0.769. The van der Waals surface area contributed by atoms with Gasteiger partial charge in [0.2, 0.25) is 0 Å². The highest BCUT2D eigenvalue weighted by molar-refractivity contribution is 14.1. The van der Waals surface area contributed by atoms with E-state index in [1.807, 2.05) is 31.2 Å². The van der Waals surface area contributed by atoms with Gasteiger partial charge >= 0.3 is 0 Å². The molecule has 0 amide bonds. The average Bonchev–Trinajstić information content (AvgIpc) is 2.43. The SMILES string of the molecule is CCNC(c1cccc(I)c1)c1ccc(C)c(F)c1F. The third kappa shape index (κ3) is 3.17. The van der Waals surface area contributed by atoms with Gasteiger partial charge in [0.25, 0.3) is 0 Å². The lowest BCUT2D eigenvalue weighted by molar-refractivity contribution is 0.478. The van der Waals surface area contributed by atoms with Crippen molar-refractivity contribution in [2.24, 2.45) is 0 Å². The Kier molecular flexibility index (Phi) is 5.10. The van der Waals surface area contributed by atoms with Crippen LogP contribution >= 0.6 is 22.6 Å². The monoisotopic (exact) mass is 387 g/mol. The molecule has 4 heteroatoms. The van der Waals surface area contributed by atoms with Crippen molar-refractivity contribution < 1.29 is 8.78 Å². The van der Waals surface area contributed by atoms with E-state index in [1.165, 1.54) is 0 Å². The summed E-state index contributed by atoms with van der Waals surface area (Å²) in [5.41, 5.74) is 1.60. The zero-order valence-corrected chi connectivity index (χ0v) is 13.5. The van der Waals surface area contributed by atoms with Crippen LogP contribution in [0.15, 0.2) is 36.4 Å². The molecule has 1 unspecified atom stereocenters. The van der Waals surface area contributed by atoms with Gasteiger partial charge in [-0.05, 0) is 59.3 Å². The number of hydrogen-bond donors (Lipinski definition) is 1. The molecule has 2 aromatic rings. The summed E-state index contributed by atoms with van der Waals surface area (Å²) < 4.78 is 29.1. The summed E-state index contributed by atoms with van der Waals surface area (Å²) >= 11 is 2.21. The minimum Gasteiger partial charge on any atom is -0.306 e. The van der Waals surface area contributed by atoms with Crippen LogP contribution in [0.5, 0.6) is 0 Å². The number of benzene rings is 2. The number of nitrogens with one attached hydrogen (secondary N) is 1. The largest absolute Gasteiger partial charge is 0.306 e. The summed E-state index contributed by atoms with van der Waals surface area (Å²) in [6, 6.07) is 10.7. The van der Waals surface area contributed by atoms with Crippen molar-refractivity contribution in [3.63, 3.8) is 0 Å². The predicted octanol–water partition coefficient (Wildman–Crippen LogP) is 4.58. The molecule has 1 atom stereocenters. The number of halogens is 3. The molecule has 0 bridgehead atoms. The Hall–Kier alpha value is -1.01. The zero-order chi connectivity index (χ0) is 14.7. The summed E-state index contributed by atoms with van der Waals surface area (Å²) in [5, 5.41) is 3.22. The van der Waals surface area contributed by atoms with Gasteiger partial charge in [0.15, 0.2) is 11.6 Å². The Labute approximate surface area is 131 Å². The summed E-state index contributed by atoms with van der Waals surface area (Å²) in [6.45, 7) is 4.18. The van der Waals surface area contributed by atoms with Crippen molar-refractivity contribution in [2.45, 2.75) is 19.9 Å². The maximum Gasteiger partial charge on any atom is 0.164 e. The number of aryl methyl sites for hydroxylation is 1. The summed E-state index contributed by atoms with van der Waals surface area (Å²) in [6.07, 6.45) is 0. The van der Waals surface area contributed by atoms with Crippen LogP contribution in [0.25, 0.3) is 0 Å². The molecule has 1 N–H and O–H groups in total. The molecule has 0 aliphatic rings. The van der Waals surface area contributed by atoms with Gasteiger partial charge in [-0.3, -0.25) is 0 Å². The fraction of sp³-hybridized carbons (Fsp3) is 0.250. The quantitative estimate of drug-likeness (QED) is 0.758. The van der Waals surface area contributed by atoms with E-state index in [0.29, 0.717) is 17.7 Å². The van der Waals surface area contributed by atoms with E-state index < -0.39 is 11.6 Å². The fourth-order valence-corrected chi connectivity index (χ4v) is 2.75. The highest BCUT2D eigenvalue weighted by Gasteiger charge is 2.20. The Balaban J connectivity index is 2.51. The van der Waals surface area contributed by atoms with Gasteiger partial charge in [-0.1, -0.05) is 31.2 Å². The van der Waals surface area contributed by atoms with Crippen LogP contribution in [0, 0.1) is 22.1 Å². The second-order valence-electron chi connectivity index (χ2n) is 4.65. The van der Waals surface area contributed by atoms with Crippen LogP contribution in [0.2, 0.25) is 0 Å². The third-order valence-corrected chi connectivity index (χ3v) is 3.88. The molecule has 0 aromatic heterocycles.